The molecule has 1 heterocycles. The van der Waals surface area contributed by atoms with E-state index in [0.717, 1.165) is 17.0 Å². The van der Waals surface area contributed by atoms with E-state index in [4.69, 9.17) is 0 Å². The molecule has 0 fully saturated rings. The minimum atomic E-state index is 0.0171. The molecule has 0 saturated carbocycles. The Morgan fingerprint density at radius 1 is 1.38 bits per heavy atom. The Kier molecular flexibility index (Phi) is 5.07. The van der Waals surface area contributed by atoms with Gasteiger partial charge in [-0.25, -0.2) is 0 Å². The zero-order chi connectivity index (χ0) is 15.4. The summed E-state index contributed by atoms with van der Waals surface area (Å²) < 4.78 is 1.76. The molecule has 1 aromatic heterocycles. The molecule has 5 heteroatoms. The standard InChI is InChI=1S/C16H21N3OS/c1-12(11-21-4)18(2)16(20)14-10-17-19(3)15(14)13-8-6-5-7-9-13/h5-10,12H,11H2,1-4H3/t12-/m0/s1. The number of nitrogens with zero attached hydrogens (tertiary/aromatic N) is 3. The summed E-state index contributed by atoms with van der Waals surface area (Å²) in [5, 5.41) is 4.27. The van der Waals surface area contributed by atoms with Gasteiger partial charge in [0, 0.05) is 31.5 Å². The van der Waals surface area contributed by atoms with E-state index in [9.17, 15) is 4.79 Å². The number of amides is 1. The molecular formula is C16H21N3OS. The molecule has 0 N–H and O–H groups in total. The predicted octanol–water partition coefficient (Wildman–Crippen LogP) is 2.91. The summed E-state index contributed by atoms with van der Waals surface area (Å²) >= 11 is 1.74. The molecule has 0 aliphatic rings. The average molecular weight is 303 g/mol. The number of thioether (sulfide) groups is 1. The van der Waals surface area contributed by atoms with E-state index >= 15 is 0 Å². The number of hydrogen-bond acceptors (Lipinski definition) is 3. The molecule has 0 unspecified atom stereocenters. The van der Waals surface area contributed by atoms with E-state index in [-0.39, 0.29) is 11.9 Å². The van der Waals surface area contributed by atoms with Crippen LogP contribution in [0.1, 0.15) is 17.3 Å². The first-order chi connectivity index (χ1) is 10.1. The third kappa shape index (κ3) is 3.29. The van der Waals surface area contributed by atoms with Gasteiger partial charge in [0.2, 0.25) is 0 Å². The van der Waals surface area contributed by atoms with Gasteiger partial charge in [-0.15, -0.1) is 0 Å². The van der Waals surface area contributed by atoms with Gasteiger partial charge in [-0.2, -0.15) is 16.9 Å². The van der Waals surface area contributed by atoms with Crippen LogP contribution in [0.4, 0.5) is 0 Å². The Morgan fingerprint density at radius 3 is 2.67 bits per heavy atom. The van der Waals surface area contributed by atoms with Gasteiger partial charge >= 0.3 is 0 Å². The van der Waals surface area contributed by atoms with Gasteiger partial charge in [0.15, 0.2) is 0 Å². The largest absolute Gasteiger partial charge is 0.338 e. The SMILES string of the molecule is CSC[C@H](C)N(C)C(=O)c1cnn(C)c1-c1ccccc1. The molecule has 0 spiro atoms. The number of hydrogen-bond donors (Lipinski definition) is 0. The van der Waals surface area contributed by atoms with E-state index in [0.29, 0.717) is 5.56 Å². The van der Waals surface area contributed by atoms with Crippen molar-refractivity contribution in [2.45, 2.75) is 13.0 Å². The van der Waals surface area contributed by atoms with Crippen molar-refractivity contribution < 1.29 is 4.79 Å². The van der Waals surface area contributed by atoms with E-state index < -0.39 is 0 Å². The van der Waals surface area contributed by atoms with Crippen molar-refractivity contribution in [3.63, 3.8) is 0 Å². The first-order valence-corrected chi connectivity index (χ1v) is 8.29. The Balaban J connectivity index is 2.35. The number of carbonyl (C=O) groups excluding carboxylic acids is 1. The van der Waals surface area contributed by atoms with Crippen LogP contribution in [0.25, 0.3) is 11.3 Å². The highest BCUT2D eigenvalue weighted by molar-refractivity contribution is 7.98. The zero-order valence-corrected chi connectivity index (χ0v) is 13.7. The highest BCUT2D eigenvalue weighted by atomic mass is 32.2. The molecule has 0 bridgehead atoms. The van der Waals surface area contributed by atoms with Crippen molar-refractivity contribution in [2.75, 3.05) is 19.1 Å². The van der Waals surface area contributed by atoms with E-state index in [1.54, 1.807) is 27.5 Å². The maximum absolute atomic E-state index is 12.7. The molecule has 112 valence electrons. The highest BCUT2D eigenvalue weighted by Gasteiger charge is 2.23. The van der Waals surface area contributed by atoms with Crippen molar-refractivity contribution >= 4 is 17.7 Å². The molecular weight excluding hydrogens is 282 g/mol. The van der Waals surface area contributed by atoms with Crippen LogP contribution >= 0.6 is 11.8 Å². The first kappa shape index (κ1) is 15.6. The summed E-state index contributed by atoms with van der Waals surface area (Å²) in [7, 11) is 3.72. The fraction of sp³-hybridized carbons (Fsp3) is 0.375. The fourth-order valence-corrected chi connectivity index (χ4v) is 2.98. The average Bonchev–Trinajstić information content (AvgIpc) is 2.88. The van der Waals surface area contributed by atoms with Gasteiger partial charge in [0.05, 0.1) is 17.5 Å². The molecule has 0 aliphatic heterocycles. The fourth-order valence-electron chi connectivity index (χ4n) is 2.28. The predicted molar refractivity (Wildman–Crippen MR) is 88.6 cm³/mol. The smallest absolute Gasteiger partial charge is 0.257 e. The molecule has 21 heavy (non-hydrogen) atoms. The van der Waals surface area contributed by atoms with Crippen LogP contribution in [0.15, 0.2) is 36.5 Å². The maximum Gasteiger partial charge on any atom is 0.257 e. The summed E-state index contributed by atoms with van der Waals surface area (Å²) in [5.41, 5.74) is 2.52. The zero-order valence-electron chi connectivity index (χ0n) is 12.9. The van der Waals surface area contributed by atoms with Crippen LogP contribution in [0.2, 0.25) is 0 Å². The van der Waals surface area contributed by atoms with Gasteiger partial charge in [0.25, 0.3) is 5.91 Å². The van der Waals surface area contributed by atoms with Crippen LogP contribution in [0.3, 0.4) is 0 Å². The molecule has 0 aliphatic carbocycles. The molecule has 4 nitrogen and oxygen atoms in total. The second-order valence-electron chi connectivity index (χ2n) is 5.12. The van der Waals surface area contributed by atoms with Gasteiger partial charge in [-0.1, -0.05) is 30.3 Å². The third-order valence-electron chi connectivity index (χ3n) is 3.61. The maximum atomic E-state index is 12.7. The lowest BCUT2D eigenvalue weighted by Crippen LogP contribution is -2.36. The Labute approximate surface area is 130 Å². The van der Waals surface area contributed by atoms with Gasteiger partial charge in [-0.05, 0) is 13.2 Å². The second-order valence-corrected chi connectivity index (χ2v) is 6.03. The second kappa shape index (κ2) is 6.80. The monoisotopic (exact) mass is 303 g/mol. The lowest BCUT2D eigenvalue weighted by molar-refractivity contribution is 0.0758. The number of rotatable bonds is 5. The highest BCUT2D eigenvalue weighted by Crippen LogP contribution is 2.24. The van der Waals surface area contributed by atoms with E-state index in [1.165, 1.54) is 0 Å². The summed E-state index contributed by atoms with van der Waals surface area (Å²) in [6.07, 6.45) is 3.71. The minimum Gasteiger partial charge on any atom is -0.338 e. The number of carbonyl (C=O) groups is 1. The molecule has 0 saturated heterocycles. The Hall–Kier alpha value is -1.75. The quantitative estimate of drug-likeness (QED) is 0.852. The third-order valence-corrected chi connectivity index (χ3v) is 4.42. The van der Waals surface area contributed by atoms with Crippen LogP contribution in [0.5, 0.6) is 0 Å². The lowest BCUT2D eigenvalue weighted by atomic mass is 10.1. The van der Waals surface area contributed by atoms with Crippen LogP contribution < -0.4 is 0 Å². The summed E-state index contributed by atoms with van der Waals surface area (Å²) in [6, 6.07) is 10.1. The van der Waals surface area contributed by atoms with Gasteiger partial charge in [0.1, 0.15) is 0 Å². The van der Waals surface area contributed by atoms with Crippen molar-refractivity contribution in [1.29, 1.82) is 0 Å². The van der Waals surface area contributed by atoms with Gasteiger partial charge < -0.3 is 4.90 Å². The Morgan fingerprint density at radius 2 is 2.05 bits per heavy atom. The van der Waals surface area contributed by atoms with Crippen molar-refractivity contribution in [1.82, 2.24) is 14.7 Å². The van der Waals surface area contributed by atoms with Crippen LogP contribution in [-0.4, -0.2) is 45.7 Å². The molecule has 1 atom stereocenters. The Bertz CT molecular complexity index is 609. The number of aromatic nitrogens is 2. The molecule has 0 radical (unpaired) electrons. The minimum absolute atomic E-state index is 0.0171. The van der Waals surface area contributed by atoms with E-state index in [2.05, 4.69) is 12.0 Å². The molecule has 1 amide bonds. The van der Waals surface area contributed by atoms with Crippen molar-refractivity contribution in [3.8, 4) is 11.3 Å². The van der Waals surface area contributed by atoms with Crippen molar-refractivity contribution in [2.24, 2.45) is 7.05 Å². The van der Waals surface area contributed by atoms with Crippen LogP contribution in [0, 0.1) is 0 Å². The number of aryl methyl sites for hydroxylation is 1. The van der Waals surface area contributed by atoms with Gasteiger partial charge in [-0.3, -0.25) is 9.48 Å². The van der Waals surface area contributed by atoms with Crippen LogP contribution in [-0.2, 0) is 7.05 Å². The molecule has 2 aromatic rings. The normalized spacial score (nSPS) is 12.2. The molecule has 2 rings (SSSR count). The molecule has 1 aromatic carbocycles. The first-order valence-electron chi connectivity index (χ1n) is 6.89. The summed E-state index contributed by atoms with van der Waals surface area (Å²) in [4.78, 5) is 14.5. The summed E-state index contributed by atoms with van der Waals surface area (Å²) in [6.45, 7) is 2.06. The summed E-state index contributed by atoms with van der Waals surface area (Å²) in [5.74, 6) is 0.937. The van der Waals surface area contributed by atoms with Crippen molar-refractivity contribution in [3.05, 3.63) is 42.1 Å². The lowest BCUT2D eigenvalue weighted by Gasteiger charge is -2.24. The number of benzene rings is 1. The topological polar surface area (TPSA) is 38.1 Å². The van der Waals surface area contributed by atoms with E-state index in [1.807, 2.05) is 50.7 Å².